The third kappa shape index (κ3) is 2.18. The molecule has 0 unspecified atom stereocenters. The molecular weight excluding hydrogens is 180 g/mol. The first-order valence-corrected chi connectivity index (χ1v) is 4.58. The number of benzene rings is 1. The summed E-state index contributed by atoms with van der Waals surface area (Å²) in [5.74, 6) is 0. The van der Waals surface area contributed by atoms with Gasteiger partial charge in [0.2, 0.25) is 0 Å². The first-order chi connectivity index (χ1) is 6.16. The van der Waals surface area contributed by atoms with Crippen LogP contribution in [0.15, 0.2) is 24.3 Å². The number of rotatable bonds is 1. The lowest BCUT2D eigenvalue weighted by molar-refractivity contribution is 1.11. The molecule has 1 aromatic carbocycles. The molecule has 1 rings (SSSR count). The van der Waals surface area contributed by atoms with E-state index in [-0.39, 0.29) is 0 Å². The van der Waals surface area contributed by atoms with Crippen LogP contribution >= 0.6 is 12.2 Å². The molecule has 0 bridgehead atoms. The van der Waals surface area contributed by atoms with Gasteiger partial charge in [0.1, 0.15) is 0 Å². The molecule has 1 N–H and O–H groups in total. The number of nitrogens with zero attached hydrogens (tertiary/aromatic N) is 1. The summed E-state index contributed by atoms with van der Waals surface area (Å²) >= 11 is 5.13. The van der Waals surface area contributed by atoms with E-state index >= 15 is 0 Å². The normalized spacial score (nSPS) is 9.46. The molecule has 0 fully saturated rings. The van der Waals surface area contributed by atoms with Gasteiger partial charge in [-0.2, -0.15) is 0 Å². The van der Waals surface area contributed by atoms with Crippen molar-refractivity contribution >= 4 is 23.0 Å². The molecule has 1 aromatic rings. The van der Waals surface area contributed by atoms with Crippen molar-refractivity contribution in [1.82, 2.24) is 5.32 Å². The Morgan fingerprint density at radius 3 is 2.54 bits per heavy atom. The topological polar surface area (TPSA) is 15.3 Å². The molecule has 0 aromatic heterocycles. The molecule has 0 amide bonds. The van der Waals surface area contributed by atoms with Crippen LogP contribution in [-0.4, -0.2) is 19.2 Å². The second-order valence-corrected chi connectivity index (χ2v) is 3.29. The molecule has 13 heavy (non-hydrogen) atoms. The van der Waals surface area contributed by atoms with E-state index in [2.05, 4.69) is 24.4 Å². The number of para-hydroxylation sites is 1. The third-order valence-electron chi connectivity index (χ3n) is 2.00. The minimum absolute atomic E-state index is 0.731. The van der Waals surface area contributed by atoms with Gasteiger partial charge in [0.15, 0.2) is 5.11 Å². The van der Waals surface area contributed by atoms with Crippen LogP contribution < -0.4 is 10.2 Å². The van der Waals surface area contributed by atoms with Gasteiger partial charge in [-0.1, -0.05) is 18.2 Å². The molecular formula is C10H14N2S. The number of thiocarbonyl (C=S) groups is 1. The highest BCUT2D eigenvalue weighted by Gasteiger charge is 2.06. The predicted molar refractivity (Wildman–Crippen MR) is 61.2 cm³/mol. The summed E-state index contributed by atoms with van der Waals surface area (Å²) in [5, 5.41) is 3.68. The average Bonchev–Trinajstić information content (AvgIpc) is 2.16. The number of nitrogens with one attached hydrogen (secondary N) is 1. The maximum absolute atomic E-state index is 5.13. The number of hydrogen-bond donors (Lipinski definition) is 1. The summed E-state index contributed by atoms with van der Waals surface area (Å²) in [4.78, 5) is 1.96. The largest absolute Gasteiger partial charge is 0.365 e. The monoisotopic (exact) mass is 194 g/mol. The van der Waals surface area contributed by atoms with Crippen LogP contribution in [0.4, 0.5) is 5.69 Å². The van der Waals surface area contributed by atoms with Crippen molar-refractivity contribution < 1.29 is 0 Å². The Hall–Kier alpha value is -1.09. The van der Waals surface area contributed by atoms with Gasteiger partial charge in [0, 0.05) is 19.8 Å². The van der Waals surface area contributed by atoms with Crippen molar-refractivity contribution in [3.8, 4) is 0 Å². The Morgan fingerprint density at radius 1 is 1.38 bits per heavy atom. The van der Waals surface area contributed by atoms with E-state index in [4.69, 9.17) is 12.2 Å². The van der Waals surface area contributed by atoms with Crippen molar-refractivity contribution in [3.05, 3.63) is 29.8 Å². The van der Waals surface area contributed by atoms with Gasteiger partial charge in [0.25, 0.3) is 0 Å². The number of anilines is 1. The highest BCUT2D eigenvalue weighted by atomic mass is 32.1. The first-order valence-electron chi connectivity index (χ1n) is 4.18. The van der Waals surface area contributed by atoms with Crippen LogP contribution in [0.2, 0.25) is 0 Å². The Balaban J connectivity index is 2.95. The molecule has 0 spiro atoms. The quantitative estimate of drug-likeness (QED) is 0.688. The lowest BCUT2D eigenvalue weighted by Gasteiger charge is -2.21. The molecule has 2 nitrogen and oxygen atoms in total. The summed E-state index contributed by atoms with van der Waals surface area (Å²) in [5.41, 5.74) is 2.37. The lowest BCUT2D eigenvalue weighted by Crippen LogP contribution is -2.34. The Morgan fingerprint density at radius 2 is 2.00 bits per heavy atom. The lowest BCUT2D eigenvalue weighted by atomic mass is 10.2. The van der Waals surface area contributed by atoms with Crippen LogP contribution in [0.5, 0.6) is 0 Å². The third-order valence-corrected chi connectivity index (χ3v) is 2.47. The van der Waals surface area contributed by atoms with E-state index in [0.717, 1.165) is 10.8 Å². The molecule has 0 radical (unpaired) electrons. The SMILES string of the molecule is CNC(=S)N(C)c1ccccc1C. The van der Waals surface area contributed by atoms with E-state index in [1.54, 1.807) is 0 Å². The maximum atomic E-state index is 5.13. The predicted octanol–water partition coefficient (Wildman–Crippen LogP) is 1.94. The van der Waals surface area contributed by atoms with Crippen molar-refractivity contribution in [3.63, 3.8) is 0 Å². The van der Waals surface area contributed by atoms with E-state index in [9.17, 15) is 0 Å². The van der Waals surface area contributed by atoms with Gasteiger partial charge in [-0.25, -0.2) is 0 Å². The van der Waals surface area contributed by atoms with Gasteiger partial charge < -0.3 is 10.2 Å². The molecule has 0 saturated carbocycles. The van der Waals surface area contributed by atoms with E-state index in [1.165, 1.54) is 5.56 Å². The fraction of sp³-hybridized carbons (Fsp3) is 0.300. The van der Waals surface area contributed by atoms with Crippen molar-refractivity contribution in [2.45, 2.75) is 6.92 Å². The zero-order valence-electron chi connectivity index (χ0n) is 8.16. The molecule has 3 heteroatoms. The zero-order chi connectivity index (χ0) is 9.84. The Labute approximate surface area is 84.6 Å². The first kappa shape index (κ1) is 9.99. The highest BCUT2D eigenvalue weighted by Crippen LogP contribution is 2.17. The summed E-state index contributed by atoms with van der Waals surface area (Å²) in [6, 6.07) is 8.16. The highest BCUT2D eigenvalue weighted by molar-refractivity contribution is 7.80. The van der Waals surface area contributed by atoms with Gasteiger partial charge in [-0.15, -0.1) is 0 Å². The fourth-order valence-electron chi connectivity index (χ4n) is 1.22. The molecule has 0 heterocycles. The van der Waals surface area contributed by atoms with Gasteiger partial charge in [0.05, 0.1) is 0 Å². The van der Waals surface area contributed by atoms with Gasteiger partial charge in [-0.05, 0) is 30.8 Å². The minimum Gasteiger partial charge on any atom is -0.365 e. The van der Waals surface area contributed by atoms with Crippen LogP contribution in [0.1, 0.15) is 5.56 Å². The van der Waals surface area contributed by atoms with E-state index in [0.29, 0.717) is 0 Å². The summed E-state index contributed by atoms with van der Waals surface area (Å²) in [6.45, 7) is 2.07. The van der Waals surface area contributed by atoms with Crippen molar-refractivity contribution in [1.29, 1.82) is 0 Å². The maximum Gasteiger partial charge on any atom is 0.172 e. The summed E-state index contributed by atoms with van der Waals surface area (Å²) in [6.07, 6.45) is 0. The van der Waals surface area contributed by atoms with Crippen molar-refractivity contribution in [2.75, 3.05) is 19.0 Å². The zero-order valence-corrected chi connectivity index (χ0v) is 8.98. The van der Waals surface area contributed by atoms with E-state index < -0.39 is 0 Å². The number of aryl methyl sites for hydroxylation is 1. The van der Waals surface area contributed by atoms with Crippen LogP contribution in [0.25, 0.3) is 0 Å². The van der Waals surface area contributed by atoms with Crippen molar-refractivity contribution in [2.24, 2.45) is 0 Å². The average molecular weight is 194 g/mol. The van der Waals surface area contributed by atoms with Crippen LogP contribution in [-0.2, 0) is 0 Å². The molecule has 0 aliphatic rings. The van der Waals surface area contributed by atoms with Crippen LogP contribution in [0, 0.1) is 6.92 Å². The van der Waals surface area contributed by atoms with Gasteiger partial charge in [-0.3, -0.25) is 0 Å². The molecule has 0 atom stereocenters. The standard InChI is InChI=1S/C10H14N2S/c1-8-6-4-5-7-9(8)12(3)10(13)11-2/h4-7H,1-3H3,(H,11,13). The second-order valence-electron chi connectivity index (χ2n) is 2.90. The fourth-order valence-corrected chi connectivity index (χ4v) is 1.32. The molecule has 0 aliphatic carbocycles. The smallest absolute Gasteiger partial charge is 0.172 e. The van der Waals surface area contributed by atoms with Gasteiger partial charge >= 0.3 is 0 Å². The van der Waals surface area contributed by atoms with E-state index in [1.807, 2.05) is 31.1 Å². The second kappa shape index (κ2) is 4.23. The summed E-state index contributed by atoms with van der Waals surface area (Å²) in [7, 11) is 3.79. The minimum atomic E-state index is 0.731. The van der Waals surface area contributed by atoms with Crippen LogP contribution in [0.3, 0.4) is 0 Å². The molecule has 70 valence electrons. The molecule has 0 aliphatic heterocycles. The molecule has 0 saturated heterocycles. The number of hydrogen-bond acceptors (Lipinski definition) is 1. The Kier molecular flexibility index (Phi) is 3.25. The summed E-state index contributed by atoms with van der Waals surface area (Å²) < 4.78 is 0. The Bertz CT molecular complexity index is 310.